The van der Waals surface area contributed by atoms with Crippen molar-refractivity contribution < 1.29 is 4.79 Å². The van der Waals surface area contributed by atoms with E-state index >= 15 is 0 Å². The van der Waals surface area contributed by atoms with Crippen molar-refractivity contribution in [3.05, 3.63) is 40.8 Å². The van der Waals surface area contributed by atoms with E-state index in [1.165, 1.54) is 16.7 Å². The highest BCUT2D eigenvalue weighted by atomic mass is 32.2. The Kier molecular flexibility index (Phi) is 3.60. The molecule has 0 spiro atoms. The molecule has 0 aliphatic carbocycles. The number of carbonyl (C=O) groups is 1. The fraction of sp³-hybridized carbons (Fsp3) is 0.357. The largest absolute Gasteiger partial charge is 0.331 e. The maximum Gasteiger partial charge on any atom is 0.237 e. The van der Waals surface area contributed by atoms with E-state index in [4.69, 9.17) is 0 Å². The van der Waals surface area contributed by atoms with E-state index in [2.05, 4.69) is 47.2 Å². The van der Waals surface area contributed by atoms with Gasteiger partial charge in [-0.1, -0.05) is 29.8 Å². The summed E-state index contributed by atoms with van der Waals surface area (Å²) in [5.41, 5.74) is 3.68. The van der Waals surface area contributed by atoms with Crippen molar-refractivity contribution in [2.24, 2.45) is 0 Å². The molecule has 5 heteroatoms. The molecule has 1 aromatic carbocycles. The van der Waals surface area contributed by atoms with Crippen molar-refractivity contribution in [1.82, 2.24) is 10.6 Å². The Morgan fingerprint density at radius 1 is 1.26 bits per heavy atom. The number of benzene rings is 1. The third-order valence-corrected chi connectivity index (χ3v) is 5.36. The van der Waals surface area contributed by atoms with Crippen molar-refractivity contribution in [3.8, 4) is 0 Å². The quantitative estimate of drug-likeness (QED) is 0.877. The zero-order chi connectivity index (χ0) is 13.4. The highest BCUT2D eigenvalue weighted by molar-refractivity contribution is 8.04. The molecule has 2 aliphatic rings. The van der Waals surface area contributed by atoms with Crippen molar-refractivity contribution >= 4 is 35.0 Å². The van der Waals surface area contributed by atoms with Gasteiger partial charge in [0.2, 0.25) is 5.91 Å². The molecule has 2 aliphatic heterocycles. The van der Waals surface area contributed by atoms with E-state index in [1.807, 2.05) is 6.26 Å². The molecule has 100 valence electrons. The molecule has 3 nitrogen and oxygen atoms in total. The van der Waals surface area contributed by atoms with Gasteiger partial charge in [0.05, 0.1) is 6.04 Å². The maximum absolute atomic E-state index is 12.1. The summed E-state index contributed by atoms with van der Waals surface area (Å²) in [7, 11) is 0. The van der Waals surface area contributed by atoms with Gasteiger partial charge in [0.1, 0.15) is 10.7 Å². The average Bonchev–Trinajstić information content (AvgIpc) is 2.84. The number of carbonyl (C=O) groups excluding carboxylic acids is 1. The standard InChI is InChI=1S/C14H16N2OS2/c1-8-3-5-9(6-4-8)10-7-19-12-11(10)15-14(18-2)16-13(12)17/h3-7,11-12,14-15H,1-2H3,(H,16,17). The molecule has 3 unspecified atom stereocenters. The lowest BCUT2D eigenvalue weighted by Gasteiger charge is -2.33. The van der Waals surface area contributed by atoms with Gasteiger partial charge < -0.3 is 5.32 Å². The molecule has 1 saturated heterocycles. The fourth-order valence-electron chi connectivity index (χ4n) is 2.39. The van der Waals surface area contributed by atoms with Crippen molar-refractivity contribution in [1.29, 1.82) is 0 Å². The lowest BCUT2D eigenvalue weighted by molar-refractivity contribution is -0.122. The van der Waals surface area contributed by atoms with E-state index in [-0.39, 0.29) is 22.7 Å². The van der Waals surface area contributed by atoms with Gasteiger partial charge in [-0.15, -0.1) is 23.5 Å². The molecule has 1 aromatic rings. The van der Waals surface area contributed by atoms with Gasteiger partial charge in [-0.2, -0.15) is 0 Å². The molecule has 19 heavy (non-hydrogen) atoms. The van der Waals surface area contributed by atoms with Crippen LogP contribution in [0.25, 0.3) is 5.57 Å². The number of amides is 1. The third-order valence-electron chi connectivity index (χ3n) is 3.46. The minimum atomic E-state index is -0.0419. The number of thioether (sulfide) groups is 2. The molecule has 2 N–H and O–H groups in total. The molecule has 1 fully saturated rings. The number of rotatable bonds is 2. The maximum atomic E-state index is 12.1. The van der Waals surface area contributed by atoms with Crippen LogP contribution in [0.3, 0.4) is 0 Å². The number of hydrogen-bond donors (Lipinski definition) is 2. The second-order valence-corrected chi connectivity index (χ2v) is 6.72. The van der Waals surface area contributed by atoms with Crippen LogP contribution in [0.5, 0.6) is 0 Å². The lowest BCUT2D eigenvalue weighted by atomic mass is 9.96. The Labute approximate surface area is 121 Å². The first-order valence-electron chi connectivity index (χ1n) is 6.21. The van der Waals surface area contributed by atoms with Crippen LogP contribution in [0, 0.1) is 6.92 Å². The zero-order valence-corrected chi connectivity index (χ0v) is 12.5. The summed E-state index contributed by atoms with van der Waals surface area (Å²) in [6.07, 6.45) is 2.00. The smallest absolute Gasteiger partial charge is 0.237 e. The van der Waals surface area contributed by atoms with Gasteiger partial charge in [0, 0.05) is 0 Å². The van der Waals surface area contributed by atoms with Crippen molar-refractivity contribution in [2.45, 2.75) is 23.7 Å². The second kappa shape index (κ2) is 5.23. The second-order valence-electron chi connectivity index (χ2n) is 4.76. The number of aryl methyl sites for hydroxylation is 1. The van der Waals surface area contributed by atoms with Crippen LogP contribution in [0.1, 0.15) is 11.1 Å². The Bertz CT molecular complexity index is 527. The summed E-state index contributed by atoms with van der Waals surface area (Å²) in [6, 6.07) is 8.60. The molecule has 0 radical (unpaired) electrons. The van der Waals surface area contributed by atoms with Crippen molar-refractivity contribution in [2.75, 3.05) is 6.26 Å². The first-order valence-corrected chi connectivity index (χ1v) is 8.44. The molecule has 3 rings (SSSR count). The molecule has 3 atom stereocenters. The minimum Gasteiger partial charge on any atom is -0.331 e. The number of fused-ring (bicyclic) bond motifs is 1. The summed E-state index contributed by atoms with van der Waals surface area (Å²) in [4.78, 5) is 12.1. The monoisotopic (exact) mass is 292 g/mol. The van der Waals surface area contributed by atoms with E-state index in [0.29, 0.717) is 0 Å². The van der Waals surface area contributed by atoms with Gasteiger partial charge in [-0.25, -0.2) is 0 Å². The van der Waals surface area contributed by atoms with Gasteiger partial charge in [-0.05, 0) is 29.7 Å². The number of nitrogens with one attached hydrogen (secondary N) is 2. The third kappa shape index (κ3) is 2.42. The van der Waals surface area contributed by atoms with Crippen LogP contribution < -0.4 is 10.6 Å². The first-order chi connectivity index (χ1) is 9.19. The minimum absolute atomic E-state index is 0.00120. The normalized spacial score (nSPS) is 29.7. The summed E-state index contributed by atoms with van der Waals surface area (Å²) in [6.45, 7) is 2.08. The van der Waals surface area contributed by atoms with Gasteiger partial charge in [0.25, 0.3) is 0 Å². The Morgan fingerprint density at radius 3 is 2.68 bits per heavy atom. The average molecular weight is 292 g/mol. The molecule has 0 saturated carbocycles. The molecular weight excluding hydrogens is 276 g/mol. The Morgan fingerprint density at radius 2 is 2.00 bits per heavy atom. The summed E-state index contributed by atoms with van der Waals surface area (Å²) >= 11 is 3.23. The molecule has 1 amide bonds. The van der Waals surface area contributed by atoms with Crippen LogP contribution in [0.15, 0.2) is 29.7 Å². The number of hydrogen-bond acceptors (Lipinski definition) is 4. The van der Waals surface area contributed by atoms with Crippen LogP contribution in [0.2, 0.25) is 0 Å². The predicted molar refractivity (Wildman–Crippen MR) is 82.9 cm³/mol. The van der Waals surface area contributed by atoms with E-state index in [0.717, 1.165) is 0 Å². The van der Waals surface area contributed by atoms with Gasteiger partial charge in [-0.3, -0.25) is 10.1 Å². The SMILES string of the molecule is CSC1NC(=O)C2SC=C(c3ccc(C)cc3)C2N1. The lowest BCUT2D eigenvalue weighted by Crippen LogP contribution is -2.60. The molecule has 0 bridgehead atoms. The molecule has 2 heterocycles. The molecule has 0 aromatic heterocycles. The highest BCUT2D eigenvalue weighted by Crippen LogP contribution is 2.38. The van der Waals surface area contributed by atoms with Crippen LogP contribution in [0.4, 0.5) is 0 Å². The summed E-state index contributed by atoms with van der Waals surface area (Å²) in [5, 5.41) is 8.56. The topological polar surface area (TPSA) is 41.1 Å². The van der Waals surface area contributed by atoms with E-state index < -0.39 is 0 Å². The van der Waals surface area contributed by atoms with E-state index in [9.17, 15) is 4.79 Å². The molecular formula is C14H16N2OS2. The van der Waals surface area contributed by atoms with Crippen molar-refractivity contribution in [3.63, 3.8) is 0 Å². The Hall–Kier alpha value is -0.910. The summed E-state index contributed by atoms with van der Waals surface area (Å²) in [5.74, 6) is 0.131. The fourth-order valence-corrected chi connectivity index (χ4v) is 4.06. The summed E-state index contributed by atoms with van der Waals surface area (Å²) < 4.78 is 0. The van der Waals surface area contributed by atoms with E-state index in [1.54, 1.807) is 23.5 Å². The first kappa shape index (κ1) is 13.1. The van der Waals surface area contributed by atoms with Gasteiger partial charge in [0.15, 0.2) is 0 Å². The Balaban J connectivity index is 1.87. The highest BCUT2D eigenvalue weighted by Gasteiger charge is 2.41. The predicted octanol–water partition coefficient (Wildman–Crippen LogP) is 2.19. The zero-order valence-electron chi connectivity index (χ0n) is 10.8. The van der Waals surface area contributed by atoms with Crippen LogP contribution >= 0.6 is 23.5 Å². The van der Waals surface area contributed by atoms with Gasteiger partial charge >= 0.3 is 0 Å². The van der Waals surface area contributed by atoms with Crippen LogP contribution in [-0.2, 0) is 4.79 Å². The van der Waals surface area contributed by atoms with Crippen LogP contribution in [-0.4, -0.2) is 29.0 Å².